The second-order valence-corrected chi connectivity index (χ2v) is 7.31. The van der Waals surface area contributed by atoms with E-state index in [1.54, 1.807) is 0 Å². The summed E-state index contributed by atoms with van der Waals surface area (Å²) >= 11 is 7.05. The average Bonchev–Trinajstić information content (AvgIpc) is 2.85. The molecule has 0 saturated carbocycles. The molecule has 0 radical (unpaired) electrons. The molecule has 1 aromatic carbocycles. The molecule has 2 heterocycles. The number of piperidine rings is 1. The third-order valence-corrected chi connectivity index (χ3v) is 6.01. The molecule has 1 aliphatic heterocycles. The molecular formula is C16H20N2S2. The van der Waals surface area contributed by atoms with Gasteiger partial charge in [0.25, 0.3) is 0 Å². The van der Waals surface area contributed by atoms with Crippen LogP contribution in [-0.2, 0) is 6.54 Å². The highest BCUT2D eigenvalue weighted by Crippen LogP contribution is 2.33. The van der Waals surface area contributed by atoms with Crippen LogP contribution in [0.1, 0.15) is 25.3 Å². The first-order valence-corrected chi connectivity index (χ1v) is 8.35. The van der Waals surface area contributed by atoms with E-state index in [9.17, 15) is 0 Å². The third-order valence-electron chi connectivity index (χ3n) is 4.51. The second kappa shape index (κ2) is 5.43. The second-order valence-electron chi connectivity index (χ2n) is 5.96. The number of hydrogen-bond donors (Lipinski definition) is 1. The zero-order chi connectivity index (χ0) is 14.2. The lowest BCUT2D eigenvalue weighted by Gasteiger charge is -2.38. The Bertz CT molecular complexity index is 624. The number of fused-ring (bicyclic) bond motifs is 1. The van der Waals surface area contributed by atoms with Crippen LogP contribution in [-0.4, -0.2) is 23.0 Å². The van der Waals surface area contributed by atoms with E-state index in [2.05, 4.69) is 41.5 Å². The Balaban J connectivity index is 1.70. The number of rotatable bonds is 3. The summed E-state index contributed by atoms with van der Waals surface area (Å²) in [5.74, 6) is 0. The molecule has 2 N–H and O–H groups in total. The number of likely N-dealkylation sites (tertiary alicyclic amines) is 1. The fourth-order valence-electron chi connectivity index (χ4n) is 2.85. The van der Waals surface area contributed by atoms with E-state index < -0.39 is 0 Å². The van der Waals surface area contributed by atoms with Crippen LogP contribution in [0.25, 0.3) is 10.1 Å². The molecular weight excluding hydrogens is 284 g/mol. The smallest absolute Gasteiger partial charge is 0.0788 e. The number of nitrogens with zero attached hydrogens (tertiary/aromatic N) is 1. The van der Waals surface area contributed by atoms with Crippen molar-refractivity contribution in [2.24, 2.45) is 11.1 Å². The minimum Gasteiger partial charge on any atom is -0.393 e. The van der Waals surface area contributed by atoms with E-state index in [1.807, 2.05) is 11.3 Å². The fraction of sp³-hybridized carbons (Fsp3) is 0.438. The topological polar surface area (TPSA) is 29.3 Å². The summed E-state index contributed by atoms with van der Waals surface area (Å²) in [4.78, 5) is 3.20. The Labute approximate surface area is 129 Å². The highest BCUT2D eigenvalue weighted by atomic mass is 32.1. The van der Waals surface area contributed by atoms with Crippen LogP contribution in [0.4, 0.5) is 0 Å². The van der Waals surface area contributed by atoms with Crippen LogP contribution in [0.3, 0.4) is 0 Å². The predicted octanol–water partition coefficient (Wildman–Crippen LogP) is 3.79. The van der Waals surface area contributed by atoms with Crippen molar-refractivity contribution in [3.8, 4) is 0 Å². The molecule has 4 heteroatoms. The molecule has 1 aliphatic rings. The van der Waals surface area contributed by atoms with Crippen LogP contribution < -0.4 is 5.73 Å². The number of benzene rings is 1. The summed E-state index contributed by atoms with van der Waals surface area (Å²) in [6.45, 7) is 5.40. The van der Waals surface area contributed by atoms with E-state index in [-0.39, 0.29) is 5.41 Å². The van der Waals surface area contributed by atoms with Crippen LogP contribution in [0, 0.1) is 5.41 Å². The van der Waals surface area contributed by atoms with Crippen molar-refractivity contribution in [2.75, 3.05) is 13.1 Å². The number of thiophene rings is 1. The SMILES string of the molecule is CC1(C(N)=S)CCN(Cc2csc3ccccc23)CC1. The molecule has 0 amide bonds. The molecule has 0 atom stereocenters. The van der Waals surface area contributed by atoms with Crippen molar-refractivity contribution in [2.45, 2.75) is 26.3 Å². The lowest BCUT2D eigenvalue weighted by atomic mass is 9.80. The monoisotopic (exact) mass is 304 g/mol. The van der Waals surface area contributed by atoms with Gasteiger partial charge in [-0.15, -0.1) is 11.3 Å². The molecule has 1 aromatic heterocycles. The molecule has 0 aliphatic carbocycles. The van der Waals surface area contributed by atoms with Crippen LogP contribution >= 0.6 is 23.6 Å². The van der Waals surface area contributed by atoms with Crippen molar-refractivity contribution in [3.05, 3.63) is 35.2 Å². The van der Waals surface area contributed by atoms with Crippen LogP contribution in [0.15, 0.2) is 29.6 Å². The molecule has 106 valence electrons. The van der Waals surface area contributed by atoms with E-state index in [0.29, 0.717) is 4.99 Å². The Morgan fingerprint density at radius 1 is 1.35 bits per heavy atom. The van der Waals surface area contributed by atoms with Crippen LogP contribution in [0.2, 0.25) is 0 Å². The van der Waals surface area contributed by atoms with Crippen molar-refractivity contribution >= 4 is 38.6 Å². The molecule has 2 nitrogen and oxygen atoms in total. The number of nitrogens with two attached hydrogens (primary N) is 1. The summed E-state index contributed by atoms with van der Waals surface area (Å²) < 4.78 is 1.38. The maximum absolute atomic E-state index is 5.87. The van der Waals surface area contributed by atoms with Crippen molar-refractivity contribution < 1.29 is 0 Å². The molecule has 2 aromatic rings. The first-order chi connectivity index (χ1) is 9.58. The highest BCUT2D eigenvalue weighted by Gasteiger charge is 2.32. The van der Waals surface area contributed by atoms with Gasteiger partial charge in [-0.1, -0.05) is 37.3 Å². The molecule has 3 rings (SSSR count). The quantitative estimate of drug-likeness (QED) is 0.875. The number of thiocarbonyl (C=S) groups is 1. The van der Waals surface area contributed by atoms with Crippen LogP contribution in [0.5, 0.6) is 0 Å². The largest absolute Gasteiger partial charge is 0.393 e. The lowest BCUT2D eigenvalue weighted by Crippen LogP contribution is -2.44. The summed E-state index contributed by atoms with van der Waals surface area (Å²) in [7, 11) is 0. The van der Waals surface area contributed by atoms with Gasteiger partial charge < -0.3 is 5.73 Å². The van der Waals surface area contributed by atoms with E-state index in [4.69, 9.17) is 18.0 Å². The Morgan fingerprint density at radius 3 is 2.75 bits per heavy atom. The molecule has 20 heavy (non-hydrogen) atoms. The maximum atomic E-state index is 5.87. The highest BCUT2D eigenvalue weighted by molar-refractivity contribution is 7.80. The Kier molecular flexibility index (Phi) is 3.80. The van der Waals surface area contributed by atoms with Gasteiger partial charge >= 0.3 is 0 Å². The Hall–Kier alpha value is -0.970. The fourth-order valence-corrected chi connectivity index (χ4v) is 4.01. The first-order valence-electron chi connectivity index (χ1n) is 7.06. The minimum absolute atomic E-state index is 0.0581. The van der Waals surface area contributed by atoms with E-state index in [0.717, 1.165) is 32.5 Å². The lowest BCUT2D eigenvalue weighted by molar-refractivity contribution is 0.158. The van der Waals surface area contributed by atoms with Gasteiger partial charge in [0.2, 0.25) is 0 Å². The van der Waals surface area contributed by atoms with Gasteiger partial charge in [-0.3, -0.25) is 4.90 Å². The molecule has 0 unspecified atom stereocenters. The van der Waals surface area contributed by atoms with Crippen molar-refractivity contribution in [1.82, 2.24) is 4.90 Å². The minimum atomic E-state index is 0.0581. The third kappa shape index (κ3) is 2.60. The van der Waals surface area contributed by atoms with Gasteiger partial charge in [0.05, 0.1) is 4.99 Å². The summed E-state index contributed by atoms with van der Waals surface area (Å²) in [6.07, 6.45) is 2.15. The zero-order valence-electron chi connectivity index (χ0n) is 11.8. The average molecular weight is 304 g/mol. The predicted molar refractivity (Wildman–Crippen MR) is 91.2 cm³/mol. The van der Waals surface area contributed by atoms with Gasteiger partial charge in [0.1, 0.15) is 0 Å². The van der Waals surface area contributed by atoms with Gasteiger partial charge in [-0.05, 0) is 48.3 Å². The van der Waals surface area contributed by atoms with Crippen molar-refractivity contribution in [1.29, 1.82) is 0 Å². The molecule has 1 fully saturated rings. The molecule has 0 spiro atoms. The van der Waals surface area contributed by atoms with Gasteiger partial charge in [0.15, 0.2) is 0 Å². The summed E-state index contributed by atoms with van der Waals surface area (Å²) in [6, 6.07) is 8.66. The van der Waals surface area contributed by atoms with Gasteiger partial charge in [-0.25, -0.2) is 0 Å². The zero-order valence-corrected chi connectivity index (χ0v) is 13.4. The number of hydrogen-bond acceptors (Lipinski definition) is 3. The standard InChI is InChI=1S/C16H20N2S2/c1-16(15(17)19)6-8-18(9-7-16)10-12-11-20-14-5-3-2-4-13(12)14/h2-5,11H,6-10H2,1H3,(H2,17,19). The van der Waals surface area contributed by atoms with E-state index >= 15 is 0 Å². The van der Waals surface area contributed by atoms with Crippen molar-refractivity contribution in [3.63, 3.8) is 0 Å². The molecule has 0 bridgehead atoms. The molecule has 1 saturated heterocycles. The summed E-state index contributed by atoms with van der Waals surface area (Å²) in [5, 5.41) is 3.70. The van der Waals surface area contributed by atoms with Gasteiger partial charge in [-0.2, -0.15) is 0 Å². The van der Waals surface area contributed by atoms with Gasteiger partial charge in [0, 0.05) is 16.7 Å². The summed E-state index contributed by atoms with van der Waals surface area (Å²) in [5.41, 5.74) is 7.38. The first kappa shape index (κ1) is 14.0. The normalized spacial score (nSPS) is 19.2. The Morgan fingerprint density at radius 2 is 2.05 bits per heavy atom. The van der Waals surface area contributed by atoms with E-state index in [1.165, 1.54) is 15.6 Å². The maximum Gasteiger partial charge on any atom is 0.0788 e.